The van der Waals surface area contributed by atoms with Crippen molar-refractivity contribution in [1.82, 2.24) is 4.90 Å². The van der Waals surface area contributed by atoms with Crippen LogP contribution in [0.1, 0.15) is 12.8 Å². The molecule has 0 spiro atoms. The molecule has 3 rings (SSSR count). The normalized spacial score (nSPS) is 14.1. The lowest BCUT2D eigenvalue weighted by atomic mass is 10.1. The van der Waals surface area contributed by atoms with Gasteiger partial charge < -0.3 is 9.64 Å². The van der Waals surface area contributed by atoms with E-state index in [2.05, 4.69) is 46.9 Å². The summed E-state index contributed by atoms with van der Waals surface area (Å²) in [6.07, 6.45) is 2.22. The van der Waals surface area contributed by atoms with Crippen LogP contribution in [0.2, 0.25) is 0 Å². The minimum Gasteiger partial charge on any atom is -0.484 e. The van der Waals surface area contributed by atoms with Gasteiger partial charge in [-0.3, -0.25) is 4.79 Å². The summed E-state index contributed by atoms with van der Waals surface area (Å²) >= 11 is 2.30. The van der Waals surface area contributed by atoms with Gasteiger partial charge in [0.15, 0.2) is 6.61 Å². The van der Waals surface area contributed by atoms with E-state index >= 15 is 0 Å². The fourth-order valence-electron chi connectivity index (χ4n) is 2.59. The first-order valence-corrected chi connectivity index (χ1v) is 8.57. The molecule has 3 nitrogen and oxygen atoms in total. The van der Waals surface area contributed by atoms with Gasteiger partial charge >= 0.3 is 0 Å². The number of carbonyl (C=O) groups excluding carboxylic acids is 1. The summed E-state index contributed by atoms with van der Waals surface area (Å²) in [7, 11) is 0. The second-order valence-electron chi connectivity index (χ2n) is 5.41. The Morgan fingerprint density at radius 1 is 0.955 bits per heavy atom. The molecule has 2 aromatic rings. The number of hydrogen-bond acceptors (Lipinski definition) is 2. The molecule has 114 valence electrons. The largest absolute Gasteiger partial charge is 0.484 e. The molecule has 0 aromatic heterocycles. The zero-order valence-electron chi connectivity index (χ0n) is 12.3. The lowest BCUT2D eigenvalue weighted by Crippen LogP contribution is -2.32. The summed E-state index contributed by atoms with van der Waals surface area (Å²) in [6.45, 7) is 1.87. The van der Waals surface area contributed by atoms with Gasteiger partial charge in [-0.25, -0.2) is 0 Å². The molecule has 1 aliphatic rings. The van der Waals surface area contributed by atoms with Crippen LogP contribution in [0.25, 0.3) is 11.1 Å². The van der Waals surface area contributed by atoms with Gasteiger partial charge in [0.2, 0.25) is 0 Å². The van der Waals surface area contributed by atoms with Gasteiger partial charge in [0, 0.05) is 16.7 Å². The van der Waals surface area contributed by atoms with E-state index in [1.165, 1.54) is 9.13 Å². The zero-order valence-corrected chi connectivity index (χ0v) is 14.5. The predicted octanol–water partition coefficient (Wildman–Crippen LogP) is 3.96. The zero-order chi connectivity index (χ0) is 15.4. The van der Waals surface area contributed by atoms with Crippen molar-refractivity contribution in [3.05, 3.63) is 52.1 Å². The van der Waals surface area contributed by atoms with Gasteiger partial charge in [-0.05, 0) is 70.8 Å². The second-order valence-corrected chi connectivity index (χ2v) is 6.65. The quantitative estimate of drug-likeness (QED) is 0.719. The molecule has 1 amide bonds. The van der Waals surface area contributed by atoms with Crippen molar-refractivity contribution in [2.24, 2.45) is 0 Å². The van der Waals surface area contributed by atoms with E-state index in [9.17, 15) is 4.79 Å². The molecule has 4 heteroatoms. The van der Waals surface area contributed by atoms with Crippen LogP contribution in [0.15, 0.2) is 48.5 Å². The number of hydrogen-bond donors (Lipinski definition) is 0. The number of ether oxygens (including phenoxy) is 1. The topological polar surface area (TPSA) is 29.5 Å². The molecule has 1 saturated heterocycles. The van der Waals surface area contributed by atoms with Gasteiger partial charge in [-0.2, -0.15) is 0 Å². The number of rotatable bonds is 4. The first-order chi connectivity index (χ1) is 10.7. The molecule has 0 bridgehead atoms. The van der Waals surface area contributed by atoms with Gasteiger partial charge in [-0.15, -0.1) is 0 Å². The number of carbonyl (C=O) groups is 1. The molecule has 0 atom stereocenters. The third kappa shape index (κ3) is 3.80. The molecule has 22 heavy (non-hydrogen) atoms. The third-order valence-corrected chi connectivity index (χ3v) is 4.57. The molecule has 0 saturated carbocycles. The lowest BCUT2D eigenvalue weighted by Gasteiger charge is -2.15. The van der Waals surface area contributed by atoms with Crippen LogP contribution in [-0.4, -0.2) is 30.5 Å². The van der Waals surface area contributed by atoms with Gasteiger partial charge in [-0.1, -0.05) is 24.3 Å². The van der Waals surface area contributed by atoms with E-state index in [0.29, 0.717) is 0 Å². The summed E-state index contributed by atoms with van der Waals surface area (Å²) in [4.78, 5) is 13.8. The predicted molar refractivity (Wildman–Crippen MR) is 95.9 cm³/mol. The van der Waals surface area contributed by atoms with Crippen LogP contribution >= 0.6 is 22.6 Å². The van der Waals surface area contributed by atoms with E-state index < -0.39 is 0 Å². The number of halogens is 1. The molecule has 0 unspecified atom stereocenters. The molecule has 1 heterocycles. The highest BCUT2D eigenvalue weighted by molar-refractivity contribution is 14.1. The Balaban J connectivity index is 1.59. The van der Waals surface area contributed by atoms with Gasteiger partial charge in [0.25, 0.3) is 5.91 Å². The minimum atomic E-state index is 0.0826. The maximum Gasteiger partial charge on any atom is 0.260 e. The summed E-state index contributed by atoms with van der Waals surface area (Å²) in [5.74, 6) is 0.820. The summed E-state index contributed by atoms with van der Waals surface area (Å²) in [5, 5.41) is 0. The fraction of sp³-hybridized carbons (Fsp3) is 0.278. The van der Waals surface area contributed by atoms with Crippen molar-refractivity contribution in [2.75, 3.05) is 19.7 Å². The molecule has 0 N–H and O–H groups in total. The van der Waals surface area contributed by atoms with Crippen LogP contribution < -0.4 is 4.74 Å². The fourth-order valence-corrected chi connectivity index (χ4v) is 2.95. The van der Waals surface area contributed by atoms with Gasteiger partial charge in [0.1, 0.15) is 5.75 Å². The van der Waals surface area contributed by atoms with Crippen LogP contribution in [-0.2, 0) is 4.79 Å². The Morgan fingerprint density at radius 3 is 2.09 bits per heavy atom. The van der Waals surface area contributed by atoms with Crippen LogP contribution in [0.3, 0.4) is 0 Å². The monoisotopic (exact) mass is 407 g/mol. The second kappa shape index (κ2) is 7.13. The van der Waals surface area contributed by atoms with Crippen molar-refractivity contribution < 1.29 is 9.53 Å². The van der Waals surface area contributed by atoms with Crippen LogP contribution in [0, 0.1) is 3.57 Å². The maximum atomic E-state index is 11.9. The number of amides is 1. The molecule has 0 aliphatic carbocycles. The van der Waals surface area contributed by atoms with Crippen molar-refractivity contribution in [1.29, 1.82) is 0 Å². The molecule has 0 radical (unpaired) electrons. The van der Waals surface area contributed by atoms with E-state index in [1.54, 1.807) is 0 Å². The summed E-state index contributed by atoms with van der Waals surface area (Å²) in [6, 6.07) is 16.3. The molecular formula is C18H18INO2. The van der Waals surface area contributed by atoms with E-state index in [-0.39, 0.29) is 12.5 Å². The summed E-state index contributed by atoms with van der Waals surface area (Å²) in [5.41, 5.74) is 2.33. The highest BCUT2D eigenvalue weighted by atomic mass is 127. The van der Waals surface area contributed by atoms with Crippen LogP contribution in [0.4, 0.5) is 0 Å². The Bertz CT molecular complexity index is 631. The Labute approximate surface area is 144 Å². The average Bonchev–Trinajstić information content (AvgIpc) is 3.08. The molecule has 1 fully saturated rings. The molecule has 2 aromatic carbocycles. The first kappa shape index (κ1) is 15.3. The highest BCUT2D eigenvalue weighted by Gasteiger charge is 2.17. The minimum absolute atomic E-state index is 0.0826. The first-order valence-electron chi connectivity index (χ1n) is 7.49. The smallest absolute Gasteiger partial charge is 0.260 e. The summed E-state index contributed by atoms with van der Waals surface area (Å²) < 4.78 is 6.82. The van der Waals surface area contributed by atoms with E-state index in [1.807, 2.05) is 29.2 Å². The number of nitrogens with zero attached hydrogens (tertiary/aromatic N) is 1. The van der Waals surface area contributed by atoms with E-state index in [4.69, 9.17) is 4.74 Å². The number of likely N-dealkylation sites (tertiary alicyclic amines) is 1. The number of benzene rings is 2. The Kier molecular flexibility index (Phi) is 4.97. The third-order valence-electron chi connectivity index (χ3n) is 3.85. The standard InChI is InChI=1S/C18H18INO2/c19-16-7-3-14(4-8-16)15-5-9-17(10-6-15)22-13-18(21)20-11-1-2-12-20/h3-10H,1-2,11-13H2. The SMILES string of the molecule is O=C(COc1ccc(-c2ccc(I)cc2)cc1)N1CCCC1. The molecular weight excluding hydrogens is 389 g/mol. The van der Waals surface area contributed by atoms with Crippen molar-refractivity contribution in [2.45, 2.75) is 12.8 Å². The molecule has 1 aliphatic heterocycles. The Morgan fingerprint density at radius 2 is 1.50 bits per heavy atom. The van der Waals surface area contributed by atoms with Crippen molar-refractivity contribution in [3.63, 3.8) is 0 Å². The van der Waals surface area contributed by atoms with Crippen LogP contribution in [0.5, 0.6) is 5.75 Å². The maximum absolute atomic E-state index is 11.9. The highest BCUT2D eigenvalue weighted by Crippen LogP contribution is 2.23. The lowest BCUT2D eigenvalue weighted by molar-refractivity contribution is -0.132. The van der Waals surface area contributed by atoms with Crippen molar-refractivity contribution in [3.8, 4) is 16.9 Å². The van der Waals surface area contributed by atoms with E-state index in [0.717, 1.165) is 37.2 Å². The Hall–Kier alpha value is -1.56. The average molecular weight is 407 g/mol. The van der Waals surface area contributed by atoms with Gasteiger partial charge in [0.05, 0.1) is 0 Å². The van der Waals surface area contributed by atoms with Crippen molar-refractivity contribution >= 4 is 28.5 Å².